The van der Waals surface area contributed by atoms with E-state index in [0.717, 1.165) is 23.2 Å². The number of ether oxygens (including phenoxy) is 1. The Bertz CT molecular complexity index is 951. The molecule has 2 heterocycles. The molecular weight excluding hydrogens is 374 g/mol. The number of esters is 1. The van der Waals surface area contributed by atoms with Gasteiger partial charge in [0.2, 0.25) is 0 Å². The van der Waals surface area contributed by atoms with Crippen LogP contribution in [0.2, 0.25) is 0 Å². The lowest BCUT2D eigenvalue weighted by Crippen LogP contribution is -2.53. The molecule has 4 rings (SSSR count). The van der Waals surface area contributed by atoms with Gasteiger partial charge in [-0.05, 0) is 55.7 Å². The Morgan fingerprint density at radius 2 is 2.03 bits per heavy atom. The molecule has 4 heteroatoms. The second-order valence-corrected chi connectivity index (χ2v) is 9.09. The summed E-state index contributed by atoms with van der Waals surface area (Å²) in [6.45, 7) is 8.31. The fourth-order valence-electron chi connectivity index (χ4n) is 5.65. The van der Waals surface area contributed by atoms with Crippen molar-refractivity contribution in [3.05, 3.63) is 59.9 Å². The Morgan fingerprint density at radius 3 is 2.70 bits per heavy atom. The van der Waals surface area contributed by atoms with Gasteiger partial charge in [0.25, 0.3) is 0 Å². The van der Waals surface area contributed by atoms with Gasteiger partial charge in [-0.3, -0.25) is 4.98 Å². The van der Waals surface area contributed by atoms with Gasteiger partial charge >= 0.3 is 5.97 Å². The molecule has 1 aromatic heterocycles. The first-order chi connectivity index (χ1) is 14.3. The molecule has 6 atom stereocenters. The van der Waals surface area contributed by atoms with Crippen LogP contribution in [0.1, 0.15) is 44.9 Å². The van der Waals surface area contributed by atoms with Crippen molar-refractivity contribution in [1.82, 2.24) is 4.98 Å². The number of fused-ring (bicyclic) bond motifs is 1. The van der Waals surface area contributed by atoms with Crippen LogP contribution in [0.3, 0.4) is 0 Å². The van der Waals surface area contributed by atoms with Crippen molar-refractivity contribution >= 4 is 12.0 Å². The second kappa shape index (κ2) is 7.99. The van der Waals surface area contributed by atoms with Crippen molar-refractivity contribution in [3.63, 3.8) is 0 Å². The Kier molecular flexibility index (Phi) is 5.54. The van der Waals surface area contributed by atoms with Gasteiger partial charge < -0.3 is 9.84 Å². The smallest absolute Gasteiger partial charge is 0.338 e. The van der Waals surface area contributed by atoms with Gasteiger partial charge in [0.05, 0.1) is 5.69 Å². The van der Waals surface area contributed by atoms with Crippen molar-refractivity contribution in [1.29, 1.82) is 0 Å². The molecule has 1 N–H and O–H groups in total. The molecule has 1 aliphatic carbocycles. The molecule has 2 fully saturated rings. The van der Waals surface area contributed by atoms with Crippen LogP contribution in [0.4, 0.5) is 0 Å². The third kappa shape index (κ3) is 3.58. The predicted molar refractivity (Wildman–Crippen MR) is 118 cm³/mol. The molecule has 1 aliphatic heterocycles. The van der Waals surface area contributed by atoms with E-state index < -0.39 is 11.6 Å². The summed E-state index contributed by atoms with van der Waals surface area (Å²) in [5, 5.41) is 11.2. The number of rotatable bonds is 4. The number of carbonyl (C=O) groups excluding carboxylic acids is 1. The number of pyridine rings is 1. The Hall–Kier alpha value is -2.46. The van der Waals surface area contributed by atoms with Crippen LogP contribution in [0.5, 0.6) is 0 Å². The largest absolute Gasteiger partial charge is 0.460 e. The van der Waals surface area contributed by atoms with Crippen LogP contribution >= 0.6 is 0 Å². The standard InChI is InChI=1S/C26H31NO3/c1-5-22-17(3)14-26(29)24(18(4)30-25(26)28)23(22)12-11-21-10-9-20(15-27-21)19-8-6-7-16(2)13-19/h6-13,15,17-18,22-24,29H,5,14H2,1-4H3/b12-11+. The van der Waals surface area contributed by atoms with Gasteiger partial charge in [0, 0.05) is 17.7 Å². The molecule has 6 unspecified atom stereocenters. The van der Waals surface area contributed by atoms with Gasteiger partial charge in [-0.15, -0.1) is 0 Å². The Labute approximate surface area is 179 Å². The van der Waals surface area contributed by atoms with Crippen molar-refractivity contribution < 1.29 is 14.6 Å². The zero-order valence-electron chi connectivity index (χ0n) is 18.2. The van der Waals surface area contributed by atoms with Crippen molar-refractivity contribution in [2.24, 2.45) is 23.7 Å². The molecular formula is C26H31NO3. The monoisotopic (exact) mass is 405 g/mol. The minimum absolute atomic E-state index is 0.0726. The summed E-state index contributed by atoms with van der Waals surface area (Å²) >= 11 is 0. The fraction of sp³-hybridized carbons (Fsp3) is 0.462. The predicted octanol–water partition coefficient (Wildman–Crippen LogP) is 5.05. The van der Waals surface area contributed by atoms with E-state index in [2.05, 4.69) is 62.2 Å². The highest BCUT2D eigenvalue weighted by atomic mass is 16.6. The van der Waals surface area contributed by atoms with Crippen LogP contribution in [-0.2, 0) is 9.53 Å². The number of benzene rings is 1. The topological polar surface area (TPSA) is 59.4 Å². The molecule has 0 radical (unpaired) electrons. The summed E-state index contributed by atoms with van der Waals surface area (Å²) < 4.78 is 5.47. The van der Waals surface area contributed by atoms with E-state index >= 15 is 0 Å². The lowest BCUT2D eigenvalue weighted by atomic mass is 9.59. The number of nitrogens with zero attached hydrogens (tertiary/aromatic N) is 1. The van der Waals surface area contributed by atoms with E-state index in [4.69, 9.17) is 4.74 Å². The van der Waals surface area contributed by atoms with Gasteiger partial charge in [-0.2, -0.15) is 0 Å². The third-order valence-electron chi connectivity index (χ3n) is 7.08. The molecule has 2 aliphatic rings. The molecule has 0 bridgehead atoms. The molecule has 4 nitrogen and oxygen atoms in total. The number of hydrogen-bond donors (Lipinski definition) is 1. The van der Waals surface area contributed by atoms with Crippen LogP contribution in [0.15, 0.2) is 48.7 Å². The van der Waals surface area contributed by atoms with Crippen molar-refractivity contribution in [3.8, 4) is 11.1 Å². The zero-order valence-corrected chi connectivity index (χ0v) is 18.2. The van der Waals surface area contributed by atoms with Crippen LogP contribution in [0, 0.1) is 30.6 Å². The number of hydrogen-bond acceptors (Lipinski definition) is 4. The van der Waals surface area contributed by atoms with Crippen molar-refractivity contribution in [2.75, 3.05) is 0 Å². The number of aromatic nitrogens is 1. The van der Waals surface area contributed by atoms with E-state index in [1.165, 1.54) is 5.56 Å². The number of carbonyl (C=O) groups is 1. The third-order valence-corrected chi connectivity index (χ3v) is 7.08. The lowest BCUT2D eigenvalue weighted by molar-refractivity contribution is -0.160. The minimum Gasteiger partial charge on any atom is -0.460 e. The molecule has 30 heavy (non-hydrogen) atoms. The SMILES string of the molecule is CCC1C(C)CC2(O)C(=O)OC(C)C2C1/C=C/c1ccc(-c2cccc(C)c2)cn1. The van der Waals surface area contributed by atoms with Crippen LogP contribution < -0.4 is 0 Å². The molecule has 2 aromatic rings. The summed E-state index contributed by atoms with van der Waals surface area (Å²) in [7, 11) is 0. The van der Waals surface area contributed by atoms with E-state index in [9.17, 15) is 9.90 Å². The molecule has 0 amide bonds. The van der Waals surface area contributed by atoms with E-state index in [1.54, 1.807) is 0 Å². The highest BCUT2D eigenvalue weighted by molar-refractivity contribution is 5.82. The minimum atomic E-state index is -1.37. The molecule has 158 valence electrons. The maximum atomic E-state index is 12.4. The molecule has 1 aromatic carbocycles. The summed E-state index contributed by atoms with van der Waals surface area (Å²) in [4.78, 5) is 17.0. The van der Waals surface area contributed by atoms with E-state index in [1.807, 2.05) is 25.3 Å². The van der Waals surface area contributed by atoms with Gasteiger partial charge in [0.1, 0.15) is 6.10 Å². The maximum Gasteiger partial charge on any atom is 0.338 e. The van der Waals surface area contributed by atoms with Gasteiger partial charge in [-0.1, -0.05) is 62.2 Å². The van der Waals surface area contributed by atoms with Crippen LogP contribution in [-0.4, -0.2) is 27.8 Å². The van der Waals surface area contributed by atoms with E-state index in [-0.39, 0.29) is 23.9 Å². The first kappa shape index (κ1) is 20.8. The summed E-state index contributed by atoms with van der Waals surface area (Å²) in [5.41, 5.74) is 2.98. The average molecular weight is 406 g/mol. The van der Waals surface area contributed by atoms with Gasteiger partial charge in [0.15, 0.2) is 5.60 Å². The molecule has 1 saturated heterocycles. The van der Waals surface area contributed by atoms with Gasteiger partial charge in [-0.25, -0.2) is 4.79 Å². The zero-order chi connectivity index (χ0) is 21.5. The summed E-state index contributed by atoms with van der Waals surface area (Å²) in [6.07, 6.45) is 7.27. The van der Waals surface area contributed by atoms with E-state index in [0.29, 0.717) is 12.3 Å². The average Bonchev–Trinajstić information content (AvgIpc) is 2.94. The summed E-state index contributed by atoms with van der Waals surface area (Å²) in [5.74, 6) is 0.0494. The van der Waals surface area contributed by atoms with Crippen LogP contribution in [0.25, 0.3) is 17.2 Å². The quantitative estimate of drug-likeness (QED) is 0.724. The second-order valence-electron chi connectivity index (χ2n) is 9.09. The number of allylic oxidation sites excluding steroid dienone is 1. The molecule has 1 saturated carbocycles. The lowest BCUT2D eigenvalue weighted by Gasteiger charge is -2.45. The summed E-state index contributed by atoms with van der Waals surface area (Å²) in [6, 6.07) is 12.5. The Morgan fingerprint density at radius 1 is 1.23 bits per heavy atom. The highest BCUT2D eigenvalue weighted by Gasteiger charge is 2.62. The highest BCUT2D eigenvalue weighted by Crippen LogP contribution is 2.52. The number of aliphatic hydroxyl groups is 1. The first-order valence-corrected chi connectivity index (χ1v) is 11.0. The Balaban J connectivity index is 1.60. The first-order valence-electron chi connectivity index (χ1n) is 11.0. The number of aryl methyl sites for hydroxylation is 1. The number of cyclic esters (lactones) is 1. The normalized spacial score (nSPS) is 33.5. The maximum absolute atomic E-state index is 12.4. The van der Waals surface area contributed by atoms with Crippen molar-refractivity contribution in [2.45, 2.75) is 52.2 Å². The fourth-order valence-corrected chi connectivity index (χ4v) is 5.65. The molecule has 0 spiro atoms.